The van der Waals surface area contributed by atoms with E-state index >= 15 is 0 Å². The SMILES string of the molecule is C=C/C=N\n1c(C=C)nc(C(C)(C)C)c1C(C)C. The molecule has 0 spiro atoms. The molecule has 98 valence electrons. The van der Waals surface area contributed by atoms with Gasteiger partial charge in [0.1, 0.15) is 0 Å². The molecule has 3 nitrogen and oxygen atoms in total. The summed E-state index contributed by atoms with van der Waals surface area (Å²) < 4.78 is 1.86. The third kappa shape index (κ3) is 2.78. The molecule has 1 heterocycles. The maximum atomic E-state index is 4.67. The number of hydrogen-bond acceptors (Lipinski definition) is 2. The Morgan fingerprint density at radius 2 is 1.89 bits per heavy atom. The van der Waals surface area contributed by atoms with Crippen molar-refractivity contribution in [2.75, 3.05) is 0 Å². The maximum Gasteiger partial charge on any atom is 0.153 e. The smallest absolute Gasteiger partial charge is 0.153 e. The number of imidazole rings is 1. The lowest BCUT2D eigenvalue weighted by Gasteiger charge is -2.19. The monoisotopic (exact) mass is 245 g/mol. The molecular formula is C15H23N3. The molecule has 0 aromatic carbocycles. The fourth-order valence-corrected chi connectivity index (χ4v) is 1.88. The third-order valence-electron chi connectivity index (χ3n) is 2.64. The van der Waals surface area contributed by atoms with Crippen molar-refractivity contribution in [3.63, 3.8) is 0 Å². The fraction of sp³-hybridized carbons (Fsp3) is 0.467. The molecule has 1 aromatic heterocycles. The van der Waals surface area contributed by atoms with E-state index in [9.17, 15) is 0 Å². The lowest BCUT2D eigenvalue weighted by molar-refractivity contribution is 0.553. The van der Waals surface area contributed by atoms with Crippen molar-refractivity contribution in [2.24, 2.45) is 5.10 Å². The topological polar surface area (TPSA) is 30.2 Å². The van der Waals surface area contributed by atoms with Gasteiger partial charge in [0, 0.05) is 11.6 Å². The molecule has 0 unspecified atom stereocenters. The first-order valence-corrected chi connectivity index (χ1v) is 6.23. The minimum Gasteiger partial charge on any atom is -0.231 e. The van der Waals surface area contributed by atoms with E-state index in [1.807, 2.05) is 4.68 Å². The van der Waals surface area contributed by atoms with Crippen molar-refractivity contribution in [1.82, 2.24) is 9.66 Å². The molecule has 18 heavy (non-hydrogen) atoms. The second-order valence-corrected chi connectivity index (χ2v) is 5.62. The molecule has 0 saturated heterocycles. The molecule has 0 amide bonds. The summed E-state index contributed by atoms with van der Waals surface area (Å²) in [6, 6.07) is 0. The molecule has 0 aliphatic rings. The van der Waals surface area contributed by atoms with Gasteiger partial charge in [0.2, 0.25) is 0 Å². The van der Waals surface area contributed by atoms with Gasteiger partial charge < -0.3 is 0 Å². The van der Waals surface area contributed by atoms with E-state index in [0.717, 1.165) is 17.2 Å². The van der Waals surface area contributed by atoms with Crippen LogP contribution in [0.4, 0.5) is 0 Å². The van der Waals surface area contributed by atoms with Crippen molar-refractivity contribution in [3.05, 3.63) is 36.4 Å². The predicted octanol–water partition coefficient (Wildman–Crippen LogP) is 3.97. The van der Waals surface area contributed by atoms with Crippen LogP contribution in [-0.4, -0.2) is 15.9 Å². The summed E-state index contributed by atoms with van der Waals surface area (Å²) in [6.45, 7) is 18.3. The average Bonchev–Trinajstić information content (AvgIpc) is 2.64. The van der Waals surface area contributed by atoms with Gasteiger partial charge in [-0.15, -0.1) is 0 Å². The van der Waals surface area contributed by atoms with Crippen molar-refractivity contribution in [3.8, 4) is 0 Å². The highest BCUT2D eigenvalue weighted by Crippen LogP contribution is 2.31. The Labute approximate surface area is 110 Å². The minimum atomic E-state index is -0.00763. The van der Waals surface area contributed by atoms with Crippen LogP contribution in [0, 0.1) is 0 Å². The number of nitrogens with zero attached hydrogens (tertiary/aromatic N) is 3. The summed E-state index contributed by atoms with van der Waals surface area (Å²) in [5.41, 5.74) is 2.20. The van der Waals surface area contributed by atoms with Crippen molar-refractivity contribution in [2.45, 2.75) is 46.0 Å². The van der Waals surface area contributed by atoms with Gasteiger partial charge in [-0.2, -0.15) is 5.10 Å². The molecule has 1 aromatic rings. The zero-order valence-corrected chi connectivity index (χ0v) is 12.1. The Bertz CT molecular complexity index is 471. The number of aromatic nitrogens is 2. The van der Waals surface area contributed by atoms with E-state index in [1.165, 1.54) is 0 Å². The zero-order valence-electron chi connectivity index (χ0n) is 12.1. The lowest BCUT2D eigenvalue weighted by Crippen LogP contribution is -2.16. The van der Waals surface area contributed by atoms with Crippen LogP contribution in [0.15, 0.2) is 24.3 Å². The molecule has 0 atom stereocenters. The van der Waals surface area contributed by atoms with Gasteiger partial charge in [-0.3, -0.25) is 0 Å². The van der Waals surface area contributed by atoms with Crippen LogP contribution in [-0.2, 0) is 5.41 Å². The molecule has 3 heteroatoms. The van der Waals surface area contributed by atoms with Gasteiger partial charge in [0.15, 0.2) is 5.82 Å². The molecule has 0 fully saturated rings. The van der Waals surface area contributed by atoms with E-state index < -0.39 is 0 Å². The number of rotatable bonds is 4. The summed E-state index contributed by atoms with van der Waals surface area (Å²) in [7, 11) is 0. The van der Waals surface area contributed by atoms with Gasteiger partial charge in [-0.1, -0.05) is 47.8 Å². The van der Waals surface area contributed by atoms with Crippen LogP contribution >= 0.6 is 0 Å². The maximum absolute atomic E-state index is 4.67. The van der Waals surface area contributed by atoms with Crippen LogP contribution in [0.3, 0.4) is 0 Å². The van der Waals surface area contributed by atoms with Crippen molar-refractivity contribution < 1.29 is 0 Å². The summed E-state index contributed by atoms with van der Waals surface area (Å²) in [5, 5.41) is 4.39. The van der Waals surface area contributed by atoms with Crippen LogP contribution in [0.2, 0.25) is 0 Å². The van der Waals surface area contributed by atoms with E-state index in [0.29, 0.717) is 5.92 Å². The molecule has 0 radical (unpaired) electrons. The Hall–Kier alpha value is -1.64. The Morgan fingerprint density at radius 1 is 1.28 bits per heavy atom. The van der Waals surface area contributed by atoms with E-state index in [2.05, 4.69) is 57.9 Å². The minimum absolute atomic E-state index is 0.00763. The number of allylic oxidation sites excluding steroid dienone is 1. The summed E-state index contributed by atoms with van der Waals surface area (Å²) in [4.78, 5) is 4.67. The second-order valence-electron chi connectivity index (χ2n) is 5.62. The van der Waals surface area contributed by atoms with Crippen LogP contribution in [0.25, 0.3) is 6.08 Å². The molecule has 0 bridgehead atoms. The fourth-order valence-electron chi connectivity index (χ4n) is 1.88. The van der Waals surface area contributed by atoms with Gasteiger partial charge in [0.25, 0.3) is 0 Å². The first-order valence-electron chi connectivity index (χ1n) is 6.23. The van der Waals surface area contributed by atoms with Crippen molar-refractivity contribution in [1.29, 1.82) is 0 Å². The molecule has 0 aliphatic carbocycles. The molecular weight excluding hydrogens is 222 g/mol. The van der Waals surface area contributed by atoms with Crippen LogP contribution < -0.4 is 0 Å². The standard InChI is InChI=1S/C15H23N3/c1-8-10-16-18-12(9-2)17-14(15(5,6)7)13(18)11(3)4/h8-11H,1-2H2,3-7H3/b16-10-. The lowest BCUT2D eigenvalue weighted by atomic mass is 9.88. The average molecular weight is 245 g/mol. The highest BCUT2D eigenvalue weighted by atomic mass is 15.4. The van der Waals surface area contributed by atoms with Crippen molar-refractivity contribution >= 4 is 12.3 Å². The Kier molecular flexibility index (Phi) is 4.28. The molecule has 1 rings (SSSR count). The predicted molar refractivity (Wildman–Crippen MR) is 79.2 cm³/mol. The summed E-state index contributed by atoms with van der Waals surface area (Å²) >= 11 is 0. The first-order chi connectivity index (χ1) is 8.32. The van der Waals surface area contributed by atoms with Gasteiger partial charge in [0.05, 0.1) is 11.4 Å². The third-order valence-corrected chi connectivity index (χ3v) is 2.64. The van der Waals surface area contributed by atoms with E-state index in [1.54, 1.807) is 18.4 Å². The Morgan fingerprint density at radius 3 is 2.28 bits per heavy atom. The second kappa shape index (κ2) is 5.34. The summed E-state index contributed by atoms with van der Waals surface area (Å²) in [5.74, 6) is 1.13. The van der Waals surface area contributed by atoms with Crippen LogP contribution in [0.1, 0.15) is 57.7 Å². The highest BCUT2D eigenvalue weighted by molar-refractivity contribution is 5.70. The Balaban J connectivity index is 3.56. The van der Waals surface area contributed by atoms with Gasteiger partial charge in [-0.05, 0) is 18.1 Å². The molecule has 0 N–H and O–H groups in total. The molecule has 0 saturated carbocycles. The molecule has 0 aliphatic heterocycles. The zero-order chi connectivity index (χ0) is 13.9. The van der Waals surface area contributed by atoms with E-state index in [4.69, 9.17) is 0 Å². The summed E-state index contributed by atoms with van der Waals surface area (Å²) in [6.07, 6.45) is 5.07. The largest absolute Gasteiger partial charge is 0.231 e. The normalized spacial score (nSPS) is 12.3. The number of hydrogen-bond donors (Lipinski definition) is 0. The van der Waals surface area contributed by atoms with Gasteiger partial charge >= 0.3 is 0 Å². The van der Waals surface area contributed by atoms with Gasteiger partial charge in [-0.25, -0.2) is 9.66 Å². The highest BCUT2D eigenvalue weighted by Gasteiger charge is 2.26. The first kappa shape index (κ1) is 14.4. The van der Waals surface area contributed by atoms with E-state index in [-0.39, 0.29) is 5.41 Å². The quantitative estimate of drug-likeness (QED) is 0.738. The van der Waals surface area contributed by atoms with Crippen LogP contribution in [0.5, 0.6) is 0 Å².